The van der Waals surface area contributed by atoms with E-state index in [1.165, 1.54) is 4.31 Å². The third kappa shape index (κ3) is 3.53. The lowest BCUT2D eigenvalue weighted by molar-refractivity contribution is 0.110. The monoisotopic (exact) mass is 365 g/mol. The summed E-state index contributed by atoms with van der Waals surface area (Å²) in [6.07, 6.45) is 2.78. The first-order chi connectivity index (χ1) is 11.9. The van der Waals surface area contributed by atoms with Gasteiger partial charge in [-0.15, -0.1) is 0 Å². The standard InChI is InChI=1S/C18H27N3O3S/c1-15(2)17-20(18(22)19-11-7-4-8-12-19)13-14-21(17)25(23,24)16-9-5-3-6-10-16/h3,5-6,9-10,15,17H,4,7-8,11-14H2,1-2H3. The zero-order valence-electron chi connectivity index (χ0n) is 15.0. The molecule has 0 aromatic heterocycles. The van der Waals surface area contributed by atoms with E-state index >= 15 is 0 Å². The molecule has 0 bridgehead atoms. The van der Waals surface area contributed by atoms with E-state index in [1.54, 1.807) is 35.2 Å². The molecule has 0 radical (unpaired) electrons. The molecule has 2 saturated heterocycles. The van der Waals surface area contributed by atoms with Gasteiger partial charge in [-0.3, -0.25) is 0 Å². The maximum absolute atomic E-state index is 13.1. The molecule has 2 amide bonds. The Labute approximate surface area is 150 Å². The number of hydrogen-bond donors (Lipinski definition) is 0. The third-order valence-electron chi connectivity index (χ3n) is 4.99. The minimum atomic E-state index is -3.61. The molecule has 2 aliphatic rings. The SMILES string of the molecule is CC(C)C1N(C(=O)N2CCCCC2)CCN1S(=O)(=O)c1ccccc1. The Balaban J connectivity index is 1.86. The second-order valence-corrected chi connectivity index (χ2v) is 9.00. The second-order valence-electron chi connectivity index (χ2n) is 7.11. The molecule has 1 aromatic carbocycles. The molecular formula is C18H27N3O3S. The molecule has 25 heavy (non-hydrogen) atoms. The Morgan fingerprint density at radius 3 is 2.24 bits per heavy atom. The molecule has 0 N–H and O–H groups in total. The van der Waals surface area contributed by atoms with Gasteiger partial charge >= 0.3 is 6.03 Å². The fourth-order valence-electron chi connectivity index (χ4n) is 3.78. The van der Waals surface area contributed by atoms with Crippen molar-refractivity contribution >= 4 is 16.1 Å². The van der Waals surface area contributed by atoms with Gasteiger partial charge in [-0.1, -0.05) is 32.0 Å². The van der Waals surface area contributed by atoms with Gasteiger partial charge in [-0.25, -0.2) is 13.2 Å². The number of carbonyl (C=O) groups is 1. The summed E-state index contributed by atoms with van der Waals surface area (Å²) in [4.78, 5) is 16.9. The number of sulfonamides is 1. The molecule has 1 atom stereocenters. The van der Waals surface area contributed by atoms with Crippen LogP contribution in [0.3, 0.4) is 0 Å². The van der Waals surface area contributed by atoms with Crippen molar-refractivity contribution in [2.24, 2.45) is 5.92 Å². The van der Waals surface area contributed by atoms with Crippen LogP contribution in [-0.2, 0) is 10.0 Å². The van der Waals surface area contributed by atoms with E-state index in [0.717, 1.165) is 32.4 Å². The van der Waals surface area contributed by atoms with Gasteiger partial charge in [0.1, 0.15) is 6.17 Å². The maximum atomic E-state index is 13.1. The zero-order valence-corrected chi connectivity index (χ0v) is 15.8. The topological polar surface area (TPSA) is 60.9 Å². The fraction of sp³-hybridized carbons (Fsp3) is 0.611. The van der Waals surface area contributed by atoms with Crippen LogP contribution in [0.15, 0.2) is 35.2 Å². The largest absolute Gasteiger partial charge is 0.325 e. The summed E-state index contributed by atoms with van der Waals surface area (Å²) in [6, 6.07) is 8.46. The Morgan fingerprint density at radius 1 is 1.00 bits per heavy atom. The lowest BCUT2D eigenvalue weighted by Crippen LogP contribution is -2.52. The van der Waals surface area contributed by atoms with Crippen molar-refractivity contribution in [3.63, 3.8) is 0 Å². The van der Waals surface area contributed by atoms with Crippen LogP contribution in [0.5, 0.6) is 0 Å². The van der Waals surface area contributed by atoms with Crippen molar-refractivity contribution in [3.8, 4) is 0 Å². The average molecular weight is 365 g/mol. The highest BCUT2D eigenvalue weighted by Gasteiger charge is 2.44. The van der Waals surface area contributed by atoms with Gasteiger partial charge in [0.05, 0.1) is 4.90 Å². The molecule has 2 aliphatic heterocycles. The van der Waals surface area contributed by atoms with Crippen LogP contribution in [0.2, 0.25) is 0 Å². The van der Waals surface area contributed by atoms with Gasteiger partial charge in [0.25, 0.3) is 0 Å². The first-order valence-electron chi connectivity index (χ1n) is 9.05. The van der Waals surface area contributed by atoms with E-state index in [0.29, 0.717) is 13.1 Å². The second kappa shape index (κ2) is 7.33. The quantitative estimate of drug-likeness (QED) is 0.827. The van der Waals surface area contributed by atoms with E-state index in [9.17, 15) is 13.2 Å². The minimum absolute atomic E-state index is 0.0229. The van der Waals surface area contributed by atoms with E-state index < -0.39 is 16.2 Å². The Bertz CT molecular complexity index is 700. The zero-order chi connectivity index (χ0) is 18.0. The van der Waals surface area contributed by atoms with Gasteiger partial charge in [0.15, 0.2) is 0 Å². The smallest absolute Gasteiger partial charge is 0.321 e. The maximum Gasteiger partial charge on any atom is 0.321 e. The normalized spacial score (nSPS) is 22.6. The molecular weight excluding hydrogens is 338 g/mol. The summed E-state index contributed by atoms with van der Waals surface area (Å²) < 4.78 is 27.6. The molecule has 1 aromatic rings. The van der Waals surface area contributed by atoms with Crippen molar-refractivity contribution in [1.29, 1.82) is 0 Å². The predicted octanol–water partition coefficient (Wildman–Crippen LogP) is 2.58. The summed E-state index contributed by atoms with van der Waals surface area (Å²) in [5.41, 5.74) is 0. The van der Waals surface area contributed by atoms with Crippen molar-refractivity contribution in [1.82, 2.24) is 14.1 Å². The number of piperidine rings is 1. The summed E-state index contributed by atoms with van der Waals surface area (Å²) in [5.74, 6) is 0.0229. The minimum Gasteiger partial charge on any atom is -0.325 e. The van der Waals surface area contributed by atoms with Crippen molar-refractivity contribution in [2.45, 2.75) is 44.2 Å². The van der Waals surface area contributed by atoms with Crippen LogP contribution in [0.25, 0.3) is 0 Å². The summed E-state index contributed by atoms with van der Waals surface area (Å²) in [5, 5.41) is 0. The third-order valence-corrected chi connectivity index (χ3v) is 6.88. The van der Waals surface area contributed by atoms with Gasteiger partial charge < -0.3 is 9.80 Å². The molecule has 0 saturated carbocycles. The first kappa shape index (κ1) is 18.2. The summed E-state index contributed by atoms with van der Waals surface area (Å²) >= 11 is 0. The van der Waals surface area contributed by atoms with E-state index in [1.807, 2.05) is 18.7 Å². The number of benzene rings is 1. The molecule has 3 rings (SSSR count). The number of carbonyl (C=O) groups excluding carboxylic acids is 1. The lowest BCUT2D eigenvalue weighted by atomic mass is 10.1. The van der Waals surface area contributed by atoms with Crippen LogP contribution in [-0.4, -0.2) is 60.9 Å². The number of nitrogens with zero attached hydrogens (tertiary/aromatic N) is 3. The van der Waals surface area contributed by atoms with Crippen LogP contribution in [0.1, 0.15) is 33.1 Å². The van der Waals surface area contributed by atoms with E-state index in [4.69, 9.17) is 0 Å². The molecule has 1 unspecified atom stereocenters. The molecule has 2 heterocycles. The molecule has 2 fully saturated rings. The highest BCUT2D eigenvalue weighted by molar-refractivity contribution is 7.89. The number of hydrogen-bond acceptors (Lipinski definition) is 3. The Morgan fingerprint density at radius 2 is 1.64 bits per heavy atom. The molecule has 0 spiro atoms. The van der Waals surface area contributed by atoms with Crippen molar-refractivity contribution < 1.29 is 13.2 Å². The first-order valence-corrected chi connectivity index (χ1v) is 10.5. The molecule has 7 heteroatoms. The number of rotatable bonds is 3. The van der Waals surface area contributed by atoms with Gasteiger partial charge in [-0.2, -0.15) is 4.31 Å². The number of urea groups is 1. The van der Waals surface area contributed by atoms with Gasteiger partial charge in [0, 0.05) is 26.2 Å². The van der Waals surface area contributed by atoms with E-state index in [-0.39, 0.29) is 16.8 Å². The van der Waals surface area contributed by atoms with Crippen LogP contribution in [0, 0.1) is 5.92 Å². The average Bonchev–Trinajstić information content (AvgIpc) is 3.09. The van der Waals surface area contributed by atoms with Crippen molar-refractivity contribution in [3.05, 3.63) is 30.3 Å². The fourth-order valence-corrected chi connectivity index (χ4v) is 5.52. The van der Waals surface area contributed by atoms with Crippen molar-refractivity contribution in [2.75, 3.05) is 26.2 Å². The van der Waals surface area contributed by atoms with Crippen LogP contribution < -0.4 is 0 Å². The molecule has 0 aliphatic carbocycles. The number of amides is 2. The Hall–Kier alpha value is -1.60. The number of likely N-dealkylation sites (tertiary alicyclic amines) is 1. The van der Waals surface area contributed by atoms with Crippen LogP contribution in [0.4, 0.5) is 4.79 Å². The van der Waals surface area contributed by atoms with Crippen LogP contribution >= 0.6 is 0 Å². The summed E-state index contributed by atoms with van der Waals surface area (Å²) in [7, 11) is -3.61. The molecule has 6 nitrogen and oxygen atoms in total. The van der Waals surface area contributed by atoms with Gasteiger partial charge in [-0.05, 0) is 37.3 Å². The summed E-state index contributed by atoms with van der Waals surface area (Å²) in [6.45, 7) is 6.28. The van der Waals surface area contributed by atoms with E-state index in [2.05, 4.69) is 0 Å². The Kier molecular flexibility index (Phi) is 5.34. The lowest BCUT2D eigenvalue weighted by Gasteiger charge is -2.37. The highest BCUT2D eigenvalue weighted by Crippen LogP contribution is 2.29. The predicted molar refractivity (Wildman–Crippen MR) is 96.5 cm³/mol. The van der Waals surface area contributed by atoms with Gasteiger partial charge in [0.2, 0.25) is 10.0 Å². The molecule has 138 valence electrons. The highest BCUT2D eigenvalue weighted by atomic mass is 32.2.